The van der Waals surface area contributed by atoms with Gasteiger partial charge < -0.3 is 5.32 Å². The molecule has 1 heterocycles. The molecule has 0 radical (unpaired) electrons. The fourth-order valence-electron chi connectivity index (χ4n) is 1.82. The standard InChI is InChI=1S/C13H23NS/c1-5-14-13(11(4)10(2)3)9-12-7-6-8-15-12/h6-8,10-11,13-14H,5,9H2,1-4H3. The molecule has 0 aliphatic heterocycles. The van der Waals surface area contributed by atoms with Crippen molar-refractivity contribution in [1.82, 2.24) is 5.32 Å². The monoisotopic (exact) mass is 225 g/mol. The van der Waals surface area contributed by atoms with Gasteiger partial charge in [0, 0.05) is 10.9 Å². The highest BCUT2D eigenvalue weighted by molar-refractivity contribution is 7.09. The van der Waals surface area contributed by atoms with Crippen LogP contribution in [0.1, 0.15) is 32.6 Å². The van der Waals surface area contributed by atoms with E-state index in [4.69, 9.17) is 0 Å². The predicted molar refractivity (Wildman–Crippen MR) is 69.5 cm³/mol. The van der Waals surface area contributed by atoms with E-state index in [1.807, 2.05) is 11.3 Å². The Morgan fingerprint density at radius 1 is 1.33 bits per heavy atom. The van der Waals surface area contributed by atoms with Gasteiger partial charge in [-0.05, 0) is 36.2 Å². The van der Waals surface area contributed by atoms with Crippen molar-refractivity contribution in [2.75, 3.05) is 6.54 Å². The van der Waals surface area contributed by atoms with Gasteiger partial charge in [0.15, 0.2) is 0 Å². The lowest BCUT2D eigenvalue weighted by atomic mass is 9.88. The van der Waals surface area contributed by atoms with Crippen molar-refractivity contribution in [3.05, 3.63) is 22.4 Å². The van der Waals surface area contributed by atoms with E-state index in [9.17, 15) is 0 Å². The van der Waals surface area contributed by atoms with E-state index in [0.29, 0.717) is 6.04 Å². The molecule has 0 saturated carbocycles. The zero-order chi connectivity index (χ0) is 11.3. The van der Waals surface area contributed by atoms with E-state index in [1.54, 1.807) is 0 Å². The molecule has 1 N–H and O–H groups in total. The van der Waals surface area contributed by atoms with E-state index in [-0.39, 0.29) is 0 Å². The van der Waals surface area contributed by atoms with Gasteiger partial charge in [-0.15, -0.1) is 11.3 Å². The van der Waals surface area contributed by atoms with Crippen LogP contribution < -0.4 is 5.32 Å². The lowest BCUT2D eigenvalue weighted by molar-refractivity contribution is 0.301. The second kappa shape index (κ2) is 6.29. The minimum Gasteiger partial charge on any atom is -0.314 e. The summed E-state index contributed by atoms with van der Waals surface area (Å²) < 4.78 is 0. The molecule has 0 aliphatic rings. The van der Waals surface area contributed by atoms with Crippen LogP contribution in [0.2, 0.25) is 0 Å². The number of nitrogens with one attached hydrogen (secondary N) is 1. The summed E-state index contributed by atoms with van der Waals surface area (Å²) in [6.45, 7) is 10.2. The number of thiophene rings is 1. The summed E-state index contributed by atoms with van der Waals surface area (Å²) in [4.78, 5) is 1.49. The van der Waals surface area contributed by atoms with Crippen LogP contribution in [-0.2, 0) is 6.42 Å². The maximum Gasteiger partial charge on any atom is 0.0143 e. The minimum absolute atomic E-state index is 0.619. The molecule has 0 saturated heterocycles. The van der Waals surface area contributed by atoms with Crippen molar-refractivity contribution in [2.24, 2.45) is 11.8 Å². The number of hydrogen-bond acceptors (Lipinski definition) is 2. The first-order valence-electron chi connectivity index (χ1n) is 5.91. The van der Waals surface area contributed by atoms with Crippen LogP contribution in [0.3, 0.4) is 0 Å². The molecular weight excluding hydrogens is 202 g/mol. The molecule has 0 aromatic carbocycles. The maximum atomic E-state index is 3.61. The third kappa shape index (κ3) is 3.96. The third-order valence-corrected chi connectivity index (χ3v) is 4.05. The van der Waals surface area contributed by atoms with Crippen molar-refractivity contribution in [2.45, 2.75) is 40.2 Å². The lowest BCUT2D eigenvalue weighted by Crippen LogP contribution is -2.38. The fourth-order valence-corrected chi connectivity index (χ4v) is 2.58. The molecule has 1 aromatic rings. The van der Waals surface area contributed by atoms with Crippen LogP contribution in [-0.4, -0.2) is 12.6 Å². The second-order valence-corrected chi connectivity index (χ2v) is 5.58. The Morgan fingerprint density at radius 3 is 2.53 bits per heavy atom. The van der Waals surface area contributed by atoms with Crippen molar-refractivity contribution >= 4 is 11.3 Å². The Balaban J connectivity index is 2.57. The van der Waals surface area contributed by atoms with E-state index in [2.05, 4.69) is 50.5 Å². The first kappa shape index (κ1) is 12.7. The maximum absolute atomic E-state index is 3.61. The van der Waals surface area contributed by atoms with Crippen molar-refractivity contribution < 1.29 is 0 Å². The molecule has 1 nitrogen and oxygen atoms in total. The average Bonchev–Trinajstić information content (AvgIpc) is 2.68. The SMILES string of the molecule is CCNC(Cc1cccs1)C(C)C(C)C. The quantitative estimate of drug-likeness (QED) is 0.780. The second-order valence-electron chi connectivity index (χ2n) is 4.55. The number of hydrogen-bond donors (Lipinski definition) is 1. The summed E-state index contributed by atoms with van der Waals surface area (Å²) in [5.41, 5.74) is 0. The molecular formula is C13H23NS. The first-order chi connectivity index (χ1) is 7.15. The summed E-state index contributed by atoms with van der Waals surface area (Å²) in [7, 11) is 0. The molecule has 86 valence electrons. The molecule has 1 rings (SSSR count). The molecule has 2 unspecified atom stereocenters. The van der Waals surface area contributed by atoms with Gasteiger partial charge >= 0.3 is 0 Å². The Labute approximate surface area is 97.9 Å². The molecule has 0 bridgehead atoms. The van der Waals surface area contributed by atoms with Gasteiger partial charge in [-0.25, -0.2) is 0 Å². The third-order valence-electron chi connectivity index (χ3n) is 3.15. The zero-order valence-corrected chi connectivity index (χ0v) is 11.1. The fraction of sp³-hybridized carbons (Fsp3) is 0.692. The Bertz CT molecular complexity index is 254. The van der Waals surface area contributed by atoms with Crippen molar-refractivity contribution in [3.8, 4) is 0 Å². The summed E-state index contributed by atoms with van der Waals surface area (Å²) in [5.74, 6) is 1.47. The van der Waals surface area contributed by atoms with Crippen LogP contribution in [0.5, 0.6) is 0 Å². The van der Waals surface area contributed by atoms with E-state index in [1.165, 1.54) is 11.3 Å². The average molecular weight is 225 g/mol. The highest BCUT2D eigenvalue weighted by atomic mass is 32.1. The molecule has 0 spiro atoms. The van der Waals surface area contributed by atoms with Gasteiger partial charge in [0.05, 0.1) is 0 Å². The number of likely N-dealkylation sites (N-methyl/N-ethyl adjacent to an activating group) is 1. The highest BCUT2D eigenvalue weighted by Crippen LogP contribution is 2.20. The summed E-state index contributed by atoms with van der Waals surface area (Å²) in [5, 5.41) is 5.77. The van der Waals surface area contributed by atoms with Crippen LogP contribution in [0, 0.1) is 11.8 Å². The smallest absolute Gasteiger partial charge is 0.0143 e. The van der Waals surface area contributed by atoms with Crippen LogP contribution in [0.15, 0.2) is 17.5 Å². The largest absolute Gasteiger partial charge is 0.314 e. The minimum atomic E-state index is 0.619. The molecule has 0 amide bonds. The van der Waals surface area contributed by atoms with Crippen LogP contribution in [0.4, 0.5) is 0 Å². The molecule has 2 atom stereocenters. The van der Waals surface area contributed by atoms with Crippen LogP contribution >= 0.6 is 11.3 Å². The first-order valence-corrected chi connectivity index (χ1v) is 6.78. The van der Waals surface area contributed by atoms with E-state index < -0.39 is 0 Å². The molecule has 0 fully saturated rings. The Hall–Kier alpha value is -0.340. The Kier molecular flexibility index (Phi) is 5.34. The van der Waals surface area contributed by atoms with Crippen molar-refractivity contribution in [3.63, 3.8) is 0 Å². The molecule has 0 aliphatic carbocycles. The van der Waals surface area contributed by atoms with Crippen LogP contribution in [0.25, 0.3) is 0 Å². The van der Waals surface area contributed by atoms with Gasteiger partial charge in [-0.1, -0.05) is 33.8 Å². The summed E-state index contributed by atoms with van der Waals surface area (Å²) >= 11 is 1.87. The summed E-state index contributed by atoms with van der Waals surface area (Å²) in [6.07, 6.45) is 1.17. The van der Waals surface area contributed by atoms with Gasteiger partial charge in [0.2, 0.25) is 0 Å². The zero-order valence-electron chi connectivity index (χ0n) is 10.3. The van der Waals surface area contributed by atoms with E-state index >= 15 is 0 Å². The van der Waals surface area contributed by atoms with Gasteiger partial charge in [0.1, 0.15) is 0 Å². The number of rotatable bonds is 6. The Morgan fingerprint density at radius 2 is 2.07 bits per heavy atom. The summed E-state index contributed by atoms with van der Waals surface area (Å²) in [6, 6.07) is 5.00. The highest BCUT2D eigenvalue weighted by Gasteiger charge is 2.19. The molecule has 1 aromatic heterocycles. The van der Waals surface area contributed by atoms with Gasteiger partial charge in [-0.3, -0.25) is 0 Å². The predicted octanol–water partition coefficient (Wildman–Crippen LogP) is 3.56. The lowest BCUT2D eigenvalue weighted by Gasteiger charge is -2.27. The normalized spacial score (nSPS) is 15.5. The van der Waals surface area contributed by atoms with E-state index in [0.717, 1.165) is 18.4 Å². The van der Waals surface area contributed by atoms with Gasteiger partial charge in [-0.2, -0.15) is 0 Å². The molecule has 2 heteroatoms. The molecule has 15 heavy (non-hydrogen) atoms. The van der Waals surface area contributed by atoms with Gasteiger partial charge in [0.25, 0.3) is 0 Å². The van der Waals surface area contributed by atoms with Crippen molar-refractivity contribution in [1.29, 1.82) is 0 Å². The topological polar surface area (TPSA) is 12.0 Å².